The Morgan fingerprint density at radius 1 is 1.06 bits per heavy atom. The van der Waals surface area contributed by atoms with E-state index in [4.69, 9.17) is 9.72 Å². The number of nitrogens with one attached hydrogen (secondary N) is 1. The lowest BCUT2D eigenvalue weighted by Crippen LogP contribution is -2.23. The van der Waals surface area contributed by atoms with E-state index in [1.165, 1.54) is 11.6 Å². The van der Waals surface area contributed by atoms with Gasteiger partial charge in [0.2, 0.25) is 0 Å². The van der Waals surface area contributed by atoms with Crippen LogP contribution in [0.1, 0.15) is 87.0 Å². The molecule has 0 radical (unpaired) electrons. The number of H-pyrrole nitrogens is 1. The number of imidazole rings is 1. The fraction of sp³-hybridized carbons (Fsp3) is 0.414. The molecule has 1 aliphatic carbocycles. The van der Waals surface area contributed by atoms with E-state index < -0.39 is 5.60 Å². The second-order valence-electron chi connectivity index (χ2n) is 10.8. The van der Waals surface area contributed by atoms with E-state index in [1.54, 1.807) is 18.2 Å². The number of nitrogens with zero attached hydrogens (tertiary/aromatic N) is 2. The van der Waals surface area contributed by atoms with E-state index in [0.717, 1.165) is 53.4 Å². The Hall–Kier alpha value is -3.28. The topological polar surface area (TPSA) is 67.9 Å². The molecular formula is C29H32FN3O2. The second-order valence-corrected chi connectivity index (χ2v) is 10.8. The summed E-state index contributed by atoms with van der Waals surface area (Å²) in [5.74, 6) is 1.63. The predicted molar refractivity (Wildman–Crippen MR) is 136 cm³/mol. The van der Waals surface area contributed by atoms with Gasteiger partial charge in [0.05, 0.1) is 22.1 Å². The van der Waals surface area contributed by atoms with Gasteiger partial charge in [0.15, 0.2) is 0 Å². The number of hydrogen-bond donors (Lipinski definition) is 1. The number of hydrogen-bond acceptors (Lipinski definition) is 4. The van der Waals surface area contributed by atoms with Crippen molar-refractivity contribution in [2.24, 2.45) is 5.92 Å². The number of benzene rings is 2. The Morgan fingerprint density at radius 2 is 1.80 bits per heavy atom. The van der Waals surface area contributed by atoms with Gasteiger partial charge in [0.1, 0.15) is 17.2 Å². The summed E-state index contributed by atoms with van der Waals surface area (Å²) in [5, 5.41) is 0.932. The number of rotatable bonds is 4. The van der Waals surface area contributed by atoms with E-state index in [2.05, 4.69) is 23.0 Å². The molecule has 35 heavy (non-hydrogen) atoms. The number of esters is 1. The van der Waals surface area contributed by atoms with Crippen LogP contribution in [0.15, 0.2) is 48.7 Å². The molecule has 5 nitrogen and oxygen atoms in total. The van der Waals surface area contributed by atoms with Crippen molar-refractivity contribution in [3.63, 3.8) is 0 Å². The maximum atomic E-state index is 13.9. The third-order valence-corrected chi connectivity index (χ3v) is 7.22. The molecule has 6 heteroatoms. The van der Waals surface area contributed by atoms with Crippen molar-refractivity contribution in [1.29, 1.82) is 0 Å². The molecule has 2 aromatic heterocycles. The van der Waals surface area contributed by atoms with Crippen LogP contribution >= 0.6 is 0 Å². The summed E-state index contributed by atoms with van der Waals surface area (Å²) in [6, 6.07) is 12.4. The number of aromatic nitrogens is 3. The minimum atomic E-state index is -0.532. The standard InChI is InChI=1S/C29H32FN3O2/c1-17(27-32-25-11-9-20(15-26(25)33-27)28(34)35-29(2,3)4)18-5-7-19(8-6-18)22-13-14-31-24-12-10-21(30)16-23(22)24/h9-19H,5-8H2,1-4H3,(H,32,33). The molecule has 0 spiro atoms. The van der Waals surface area contributed by atoms with E-state index in [-0.39, 0.29) is 17.7 Å². The zero-order valence-electron chi connectivity index (χ0n) is 20.8. The molecule has 182 valence electrons. The smallest absolute Gasteiger partial charge is 0.338 e. The number of carbonyl (C=O) groups excluding carboxylic acids is 1. The van der Waals surface area contributed by atoms with Gasteiger partial charge in [0, 0.05) is 17.5 Å². The summed E-state index contributed by atoms with van der Waals surface area (Å²) >= 11 is 0. The molecule has 4 aromatic rings. The summed E-state index contributed by atoms with van der Waals surface area (Å²) in [4.78, 5) is 25.2. The highest BCUT2D eigenvalue weighted by Crippen LogP contribution is 2.43. The predicted octanol–water partition coefficient (Wildman–Crippen LogP) is 7.28. The molecule has 1 unspecified atom stereocenters. The Kier molecular flexibility index (Phi) is 6.07. The van der Waals surface area contributed by atoms with Crippen molar-refractivity contribution in [3.05, 3.63) is 71.4 Å². The van der Waals surface area contributed by atoms with Gasteiger partial charge in [0.25, 0.3) is 0 Å². The Balaban J connectivity index is 1.29. The summed E-state index contributed by atoms with van der Waals surface area (Å²) < 4.78 is 19.4. The molecule has 0 bridgehead atoms. The van der Waals surface area contributed by atoms with Crippen molar-refractivity contribution in [1.82, 2.24) is 15.0 Å². The molecular weight excluding hydrogens is 441 g/mol. The number of pyridine rings is 1. The Bertz CT molecular complexity index is 1380. The molecule has 1 saturated carbocycles. The summed E-state index contributed by atoms with van der Waals surface area (Å²) in [7, 11) is 0. The quantitative estimate of drug-likeness (QED) is 0.316. The van der Waals surface area contributed by atoms with Crippen LogP contribution in [0.3, 0.4) is 0 Å². The van der Waals surface area contributed by atoms with Crippen molar-refractivity contribution in [2.45, 2.75) is 70.8 Å². The zero-order valence-corrected chi connectivity index (χ0v) is 20.8. The number of ether oxygens (including phenoxy) is 1. The van der Waals surface area contributed by atoms with Crippen molar-refractivity contribution >= 4 is 27.9 Å². The number of aromatic amines is 1. The summed E-state index contributed by atoms with van der Waals surface area (Å²) in [6.07, 6.45) is 6.14. The van der Waals surface area contributed by atoms with Gasteiger partial charge in [-0.3, -0.25) is 4.98 Å². The van der Waals surface area contributed by atoms with Crippen LogP contribution < -0.4 is 0 Å². The van der Waals surface area contributed by atoms with Crippen LogP contribution in [0.25, 0.3) is 21.9 Å². The van der Waals surface area contributed by atoms with Gasteiger partial charge in [-0.1, -0.05) is 6.92 Å². The Morgan fingerprint density at radius 3 is 2.54 bits per heavy atom. The van der Waals surface area contributed by atoms with Crippen LogP contribution in [0.5, 0.6) is 0 Å². The SMILES string of the molecule is CC(c1nc2ccc(C(=O)OC(C)(C)C)cc2[nH]1)C1CCC(c2ccnc3ccc(F)cc23)CC1. The maximum absolute atomic E-state index is 13.9. The molecule has 0 amide bonds. The van der Waals surface area contributed by atoms with Crippen LogP contribution in [0.2, 0.25) is 0 Å². The van der Waals surface area contributed by atoms with Crippen LogP contribution in [-0.4, -0.2) is 26.5 Å². The summed E-state index contributed by atoms with van der Waals surface area (Å²) in [5.41, 5.74) is 3.77. The monoisotopic (exact) mass is 473 g/mol. The van der Waals surface area contributed by atoms with Crippen LogP contribution in [0.4, 0.5) is 4.39 Å². The molecule has 2 heterocycles. The first-order valence-corrected chi connectivity index (χ1v) is 12.4. The highest BCUT2D eigenvalue weighted by atomic mass is 19.1. The van der Waals surface area contributed by atoms with Gasteiger partial charge >= 0.3 is 5.97 Å². The second kappa shape index (κ2) is 9.06. The fourth-order valence-electron chi connectivity index (χ4n) is 5.36. The fourth-order valence-corrected chi connectivity index (χ4v) is 5.36. The van der Waals surface area contributed by atoms with Gasteiger partial charge in [-0.25, -0.2) is 14.2 Å². The number of fused-ring (bicyclic) bond motifs is 2. The van der Waals surface area contributed by atoms with Crippen molar-refractivity contribution in [3.8, 4) is 0 Å². The first kappa shape index (κ1) is 23.5. The highest BCUT2D eigenvalue weighted by Gasteiger charge is 2.29. The minimum absolute atomic E-state index is 0.214. The van der Waals surface area contributed by atoms with Crippen molar-refractivity contribution < 1.29 is 13.9 Å². The Labute approximate surface area is 205 Å². The van der Waals surface area contributed by atoms with Gasteiger partial charge in [-0.05, 0) is 106 Å². The molecule has 1 atom stereocenters. The average molecular weight is 474 g/mol. The average Bonchev–Trinajstić information content (AvgIpc) is 3.26. The van der Waals surface area contributed by atoms with E-state index in [9.17, 15) is 9.18 Å². The largest absolute Gasteiger partial charge is 0.456 e. The maximum Gasteiger partial charge on any atom is 0.338 e. The van der Waals surface area contributed by atoms with Gasteiger partial charge in [-0.2, -0.15) is 0 Å². The molecule has 5 rings (SSSR count). The third kappa shape index (κ3) is 4.93. The molecule has 0 aliphatic heterocycles. The third-order valence-electron chi connectivity index (χ3n) is 7.22. The molecule has 1 aliphatic rings. The van der Waals surface area contributed by atoms with E-state index in [1.807, 2.05) is 39.1 Å². The van der Waals surface area contributed by atoms with Crippen molar-refractivity contribution in [2.75, 3.05) is 0 Å². The molecule has 1 fully saturated rings. The number of carbonyl (C=O) groups is 1. The zero-order chi connectivity index (χ0) is 24.7. The first-order valence-electron chi connectivity index (χ1n) is 12.4. The highest BCUT2D eigenvalue weighted by molar-refractivity contribution is 5.93. The van der Waals surface area contributed by atoms with Gasteiger partial charge in [-0.15, -0.1) is 0 Å². The summed E-state index contributed by atoms with van der Waals surface area (Å²) in [6.45, 7) is 7.82. The molecule has 2 aromatic carbocycles. The molecule has 1 N–H and O–H groups in total. The number of halogens is 1. The lowest BCUT2D eigenvalue weighted by atomic mass is 9.73. The lowest BCUT2D eigenvalue weighted by molar-refractivity contribution is 0.00696. The first-order chi connectivity index (χ1) is 16.7. The van der Waals surface area contributed by atoms with Crippen LogP contribution in [0, 0.1) is 11.7 Å². The normalized spacial score (nSPS) is 19.7. The van der Waals surface area contributed by atoms with E-state index in [0.29, 0.717) is 17.4 Å². The lowest BCUT2D eigenvalue weighted by Gasteiger charge is -2.32. The van der Waals surface area contributed by atoms with Crippen LogP contribution in [-0.2, 0) is 4.74 Å². The van der Waals surface area contributed by atoms with Gasteiger partial charge < -0.3 is 9.72 Å². The minimum Gasteiger partial charge on any atom is -0.456 e. The molecule has 0 saturated heterocycles. The van der Waals surface area contributed by atoms with E-state index >= 15 is 0 Å².